The molecule has 0 radical (unpaired) electrons. The van der Waals surface area contributed by atoms with Gasteiger partial charge in [-0.05, 0) is 18.2 Å². The maximum atomic E-state index is 12.5. The van der Waals surface area contributed by atoms with Crippen molar-refractivity contribution in [2.45, 2.75) is 6.18 Å². The molecule has 2 N–H and O–H groups in total. The third-order valence-electron chi connectivity index (χ3n) is 2.35. The smallest absolute Gasteiger partial charge is 0.433 e. The zero-order valence-electron chi connectivity index (χ0n) is 9.85. The highest BCUT2D eigenvalue weighted by Crippen LogP contribution is 2.28. The maximum Gasteiger partial charge on any atom is 0.433 e. The molecule has 2 aromatic rings. The van der Waals surface area contributed by atoms with Crippen LogP contribution >= 0.6 is 0 Å². The second kappa shape index (κ2) is 5.16. The molecule has 0 fully saturated rings. The van der Waals surface area contributed by atoms with E-state index in [0.717, 1.165) is 12.3 Å². The zero-order chi connectivity index (χ0) is 14.8. The fourth-order valence-corrected chi connectivity index (χ4v) is 1.48. The molecule has 1 aromatic heterocycles. The molecule has 0 spiro atoms. The number of halogens is 3. The molecule has 0 saturated carbocycles. The molecule has 5 nitrogen and oxygen atoms in total. The normalized spacial score (nSPS) is 11.2. The highest BCUT2D eigenvalue weighted by molar-refractivity contribution is 5.94. The number of anilines is 2. The minimum absolute atomic E-state index is 0.0893. The molecule has 0 bridgehead atoms. The van der Waals surface area contributed by atoms with Crippen LogP contribution in [0.3, 0.4) is 0 Å². The van der Waals surface area contributed by atoms with Crippen LogP contribution in [-0.4, -0.2) is 21.0 Å². The second-order valence-corrected chi connectivity index (χ2v) is 3.74. The molecule has 0 saturated heterocycles. The van der Waals surface area contributed by atoms with Crippen molar-refractivity contribution in [3.8, 4) is 0 Å². The Morgan fingerprint density at radius 3 is 2.55 bits per heavy atom. The largest absolute Gasteiger partial charge is 0.478 e. The lowest BCUT2D eigenvalue weighted by Crippen LogP contribution is -2.11. The summed E-state index contributed by atoms with van der Waals surface area (Å²) in [6, 6.07) is 6.50. The quantitative estimate of drug-likeness (QED) is 0.905. The first-order valence-electron chi connectivity index (χ1n) is 5.37. The fraction of sp³-hybridized carbons (Fsp3) is 0.0833. The molecule has 0 amide bonds. The van der Waals surface area contributed by atoms with Gasteiger partial charge in [0.1, 0.15) is 5.69 Å². The standard InChI is InChI=1S/C12H8F3N3O2/c13-12(14,15)9-5-6-16-11(18-9)17-8-4-2-1-3-7(8)10(19)20/h1-6H,(H,19,20)(H,16,17,18). The van der Waals surface area contributed by atoms with Gasteiger partial charge >= 0.3 is 12.1 Å². The Bertz CT molecular complexity index is 644. The van der Waals surface area contributed by atoms with Crippen LogP contribution in [0.25, 0.3) is 0 Å². The van der Waals surface area contributed by atoms with E-state index in [2.05, 4.69) is 15.3 Å². The number of alkyl halides is 3. The van der Waals surface area contributed by atoms with Gasteiger partial charge in [0.05, 0.1) is 11.3 Å². The molecular formula is C12H8F3N3O2. The van der Waals surface area contributed by atoms with E-state index in [9.17, 15) is 18.0 Å². The summed E-state index contributed by atoms with van der Waals surface area (Å²) in [6.07, 6.45) is -3.65. The first-order valence-corrected chi connectivity index (χ1v) is 5.37. The van der Waals surface area contributed by atoms with Crippen molar-refractivity contribution in [2.75, 3.05) is 5.32 Å². The van der Waals surface area contributed by atoms with E-state index in [1.54, 1.807) is 6.07 Å². The van der Waals surface area contributed by atoms with E-state index in [-0.39, 0.29) is 17.2 Å². The van der Waals surface area contributed by atoms with Crippen molar-refractivity contribution in [2.24, 2.45) is 0 Å². The van der Waals surface area contributed by atoms with Crippen molar-refractivity contribution >= 4 is 17.6 Å². The number of aromatic nitrogens is 2. The van der Waals surface area contributed by atoms with Crippen molar-refractivity contribution < 1.29 is 23.1 Å². The number of hydrogen-bond acceptors (Lipinski definition) is 4. The number of aromatic carboxylic acids is 1. The van der Waals surface area contributed by atoms with Gasteiger partial charge in [0.2, 0.25) is 5.95 Å². The Labute approximate surface area is 111 Å². The van der Waals surface area contributed by atoms with Gasteiger partial charge in [0.15, 0.2) is 0 Å². The lowest BCUT2D eigenvalue weighted by molar-refractivity contribution is -0.141. The summed E-state index contributed by atoms with van der Waals surface area (Å²) in [5, 5.41) is 11.4. The van der Waals surface area contributed by atoms with Crippen molar-refractivity contribution in [3.63, 3.8) is 0 Å². The van der Waals surface area contributed by atoms with Gasteiger partial charge in [-0.3, -0.25) is 0 Å². The van der Waals surface area contributed by atoms with Crippen LogP contribution in [0, 0.1) is 0 Å². The first kappa shape index (κ1) is 13.8. The molecule has 1 aromatic carbocycles. The lowest BCUT2D eigenvalue weighted by Gasteiger charge is -2.10. The number of hydrogen-bond donors (Lipinski definition) is 2. The van der Waals surface area contributed by atoms with Gasteiger partial charge in [-0.2, -0.15) is 13.2 Å². The lowest BCUT2D eigenvalue weighted by atomic mass is 10.2. The van der Waals surface area contributed by atoms with Gasteiger partial charge < -0.3 is 10.4 Å². The number of benzene rings is 1. The van der Waals surface area contributed by atoms with Crippen LogP contribution in [0.4, 0.5) is 24.8 Å². The summed E-state index contributed by atoms with van der Waals surface area (Å²) in [7, 11) is 0. The first-order chi connectivity index (χ1) is 9.38. The molecule has 0 aliphatic rings. The number of nitrogens with one attached hydrogen (secondary N) is 1. The van der Waals surface area contributed by atoms with E-state index in [0.29, 0.717) is 0 Å². The molecule has 8 heteroatoms. The zero-order valence-corrected chi connectivity index (χ0v) is 9.85. The number of carboxylic acids is 1. The van der Waals surface area contributed by atoms with Gasteiger partial charge in [0, 0.05) is 6.20 Å². The van der Waals surface area contributed by atoms with Crippen molar-refractivity contribution in [1.29, 1.82) is 0 Å². The molecule has 0 aliphatic heterocycles. The van der Waals surface area contributed by atoms with Crippen LogP contribution in [0.2, 0.25) is 0 Å². The Balaban J connectivity index is 2.34. The van der Waals surface area contributed by atoms with Crippen LogP contribution in [0.5, 0.6) is 0 Å². The average molecular weight is 283 g/mol. The predicted molar refractivity (Wildman–Crippen MR) is 63.7 cm³/mol. The van der Waals surface area contributed by atoms with E-state index >= 15 is 0 Å². The Morgan fingerprint density at radius 2 is 1.90 bits per heavy atom. The van der Waals surface area contributed by atoms with Crippen LogP contribution in [0.1, 0.15) is 16.1 Å². The molecule has 2 rings (SSSR count). The minimum atomic E-state index is -4.59. The summed E-state index contributed by atoms with van der Waals surface area (Å²) < 4.78 is 37.5. The number of carbonyl (C=O) groups is 1. The van der Waals surface area contributed by atoms with Crippen LogP contribution < -0.4 is 5.32 Å². The van der Waals surface area contributed by atoms with E-state index < -0.39 is 17.8 Å². The minimum Gasteiger partial charge on any atom is -0.478 e. The van der Waals surface area contributed by atoms with Crippen molar-refractivity contribution in [1.82, 2.24) is 9.97 Å². The molecular weight excluding hydrogens is 275 g/mol. The van der Waals surface area contributed by atoms with Crippen molar-refractivity contribution in [3.05, 3.63) is 47.8 Å². The van der Waals surface area contributed by atoms with E-state index in [4.69, 9.17) is 5.11 Å². The summed E-state index contributed by atoms with van der Waals surface area (Å²) in [5.74, 6) is -1.53. The fourth-order valence-electron chi connectivity index (χ4n) is 1.48. The predicted octanol–water partition coefficient (Wildman–Crippen LogP) is 2.94. The Kier molecular flexibility index (Phi) is 3.55. The third-order valence-corrected chi connectivity index (χ3v) is 2.35. The topological polar surface area (TPSA) is 75.1 Å². The van der Waals surface area contributed by atoms with E-state index in [1.807, 2.05) is 0 Å². The number of carboxylic acid groups (broad SMARTS) is 1. The van der Waals surface area contributed by atoms with Gasteiger partial charge in [-0.25, -0.2) is 14.8 Å². The summed E-state index contributed by atoms with van der Waals surface area (Å²) >= 11 is 0. The average Bonchev–Trinajstić information content (AvgIpc) is 2.38. The molecule has 0 aliphatic carbocycles. The van der Waals surface area contributed by atoms with Crippen LogP contribution in [-0.2, 0) is 6.18 Å². The second-order valence-electron chi connectivity index (χ2n) is 3.74. The monoisotopic (exact) mass is 283 g/mol. The third kappa shape index (κ3) is 3.02. The Hall–Kier alpha value is -2.64. The SMILES string of the molecule is O=C(O)c1ccccc1Nc1nccc(C(F)(F)F)n1. The molecule has 20 heavy (non-hydrogen) atoms. The Morgan fingerprint density at radius 1 is 1.20 bits per heavy atom. The molecule has 104 valence electrons. The highest BCUT2D eigenvalue weighted by Gasteiger charge is 2.32. The summed E-state index contributed by atoms with van der Waals surface area (Å²) in [5.41, 5.74) is -1.09. The van der Waals surface area contributed by atoms with Gasteiger partial charge in [-0.1, -0.05) is 12.1 Å². The molecule has 0 atom stereocenters. The van der Waals surface area contributed by atoms with E-state index in [1.165, 1.54) is 18.2 Å². The molecule has 1 heterocycles. The number of rotatable bonds is 3. The van der Waals surface area contributed by atoms with Crippen LogP contribution in [0.15, 0.2) is 36.5 Å². The van der Waals surface area contributed by atoms with Gasteiger partial charge in [-0.15, -0.1) is 0 Å². The number of nitrogens with zero attached hydrogens (tertiary/aromatic N) is 2. The van der Waals surface area contributed by atoms with Gasteiger partial charge in [0.25, 0.3) is 0 Å². The highest BCUT2D eigenvalue weighted by atomic mass is 19.4. The number of para-hydroxylation sites is 1. The molecule has 0 unspecified atom stereocenters. The summed E-state index contributed by atoms with van der Waals surface area (Å²) in [6.45, 7) is 0. The summed E-state index contributed by atoms with van der Waals surface area (Å²) in [4.78, 5) is 17.9. The maximum absolute atomic E-state index is 12.5.